The fraction of sp³-hybridized carbons (Fsp3) is 0.333. The van der Waals surface area contributed by atoms with E-state index in [4.69, 9.17) is 9.47 Å². The average Bonchev–Trinajstić information content (AvgIpc) is 3.30. The summed E-state index contributed by atoms with van der Waals surface area (Å²) in [5.41, 5.74) is -1.58. The third-order valence-corrected chi connectivity index (χ3v) is 7.01. The molecule has 1 amide bonds. The number of sulfonamides is 1. The summed E-state index contributed by atoms with van der Waals surface area (Å²) in [6.07, 6.45) is -2.94. The van der Waals surface area contributed by atoms with E-state index in [1.165, 1.54) is 18.2 Å². The molecule has 1 atom stereocenters. The molecule has 1 aromatic heterocycles. The van der Waals surface area contributed by atoms with E-state index in [2.05, 4.69) is 10.4 Å². The number of rotatable bonds is 5. The van der Waals surface area contributed by atoms with Crippen molar-refractivity contribution >= 4 is 27.5 Å². The zero-order valence-corrected chi connectivity index (χ0v) is 21.0. The highest BCUT2D eigenvalue weighted by Crippen LogP contribution is 2.40. The molecule has 0 radical (unpaired) electrons. The number of halogens is 3. The molecule has 0 saturated carbocycles. The topological polar surface area (TPSA) is 103 Å². The maximum atomic E-state index is 13.7. The van der Waals surface area contributed by atoms with Gasteiger partial charge in [-0.3, -0.25) is 14.3 Å². The Balaban J connectivity index is 1.73. The molecule has 9 nitrogen and oxygen atoms in total. The lowest BCUT2D eigenvalue weighted by atomic mass is 10.2. The van der Waals surface area contributed by atoms with Gasteiger partial charge in [-0.05, 0) is 63.2 Å². The lowest BCUT2D eigenvalue weighted by Gasteiger charge is -2.35. The molecule has 0 fully saturated rings. The van der Waals surface area contributed by atoms with Crippen LogP contribution in [0.5, 0.6) is 5.75 Å². The summed E-state index contributed by atoms with van der Waals surface area (Å²) in [6.45, 7) is 5.06. The number of nitrogens with zero attached hydrogens (tertiary/aromatic N) is 3. The minimum Gasteiger partial charge on any atom is -0.484 e. The molecule has 37 heavy (non-hydrogen) atoms. The van der Waals surface area contributed by atoms with Gasteiger partial charge in [-0.15, -0.1) is 0 Å². The van der Waals surface area contributed by atoms with E-state index in [0.717, 1.165) is 22.5 Å². The van der Waals surface area contributed by atoms with Gasteiger partial charge in [0.1, 0.15) is 17.5 Å². The van der Waals surface area contributed by atoms with Gasteiger partial charge in [0, 0.05) is 18.1 Å². The Hall–Kier alpha value is -3.74. The molecule has 3 aromatic rings. The van der Waals surface area contributed by atoms with Crippen LogP contribution in [-0.2, 0) is 27.5 Å². The molecule has 0 saturated heterocycles. The second-order valence-corrected chi connectivity index (χ2v) is 11.2. The summed E-state index contributed by atoms with van der Waals surface area (Å²) in [5, 5.41) is 6.64. The van der Waals surface area contributed by atoms with E-state index >= 15 is 0 Å². The fourth-order valence-electron chi connectivity index (χ4n) is 3.71. The van der Waals surface area contributed by atoms with Gasteiger partial charge in [0.2, 0.25) is 0 Å². The number of hydrogen-bond acceptors (Lipinski definition) is 6. The van der Waals surface area contributed by atoms with Crippen molar-refractivity contribution < 1.29 is 35.9 Å². The van der Waals surface area contributed by atoms with Crippen molar-refractivity contribution in [3.8, 4) is 5.75 Å². The first kappa shape index (κ1) is 26.3. The average molecular weight is 539 g/mol. The van der Waals surface area contributed by atoms with Crippen LogP contribution >= 0.6 is 0 Å². The number of carbonyl (C=O) groups excluding carboxylic acids is 1. The standard InChI is InChI=1S/C24H25F3N4O5S/c1-23(2,3)36-22(32)29-17-8-9-21-20(13-17)31(15-18(35-21)14-30-11-5-10-28-30)37(33,34)19-7-4-6-16(12-19)24(25,26)27/h4-13,18H,14-15H2,1-3H3,(H,29,32). The van der Waals surface area contributed by atoms with Crippen molar-refractivity contribution in [2.24, 2.45) is 0 Å². The van der Waals surface area contributed by atoms with E-state index in [1.54, 1.807) is 43.9 Å². The van der Waals surface area contributed by atoms with Crippen molar-refractivity contribution in [3.05, 3.63) is 66.5 Å². The first-order valence-corrected chi connectivity index (χ1v) is 12.6. The van der Waals surface area contributed by atoms with Crippen molar-refractivity contribution in [3.63, 3.8) is 0 Å². The summed E-state index contributed by atoms with van der Waals surface area (Å²) in [4.78, 5) is 11.7. The van der Waals surface area contributed by atoms with Gasteiger partial charge >= 0.3 is 12.3 Å². The first-order chi connectivity index (χ1) is 17.2. The van der Waals surface area contributed by atoms with Crippen LogP contribution in [0, 0.1) is 0 Å². The van der Waals surface area contributed by atoms with E-state index in [1.807, 2.05) is 0 Å². The van der Waals surface area contributed by atoms with Crippen molar-refractivity contribution in [1.82, 2.24) is 9.78 Å². The number of fused-ring (bicyclic) bond motifs is 1. The lowest BCUT2D eigenvalue weighted by molar-refractivity contribution is -0.137. The molecule has 2 heterocycles. The van der Waals surface area contributed by atoms with Gasteiger partial charge in [-0.1, -0.05) is 6.07 Å². The second kappa shape index (κ2) is 9.61. The molecule has 4 rings (SSSR count). The second-order valence-electron chi connectivity index (χ2n) is 9.34. The van der Waals surface area contributed by atoms with Gasteiger partial charge in [0.25, 0.3) is 10.0 Å². The van der Waals surface area contributed by atoms with Gasteiger partial charge < -0.3 is 9.47 Å². The van der Waals surface area contributed by atoms with E-state index < -0.39 is 44.5 Å². The number of anilines is 2. The Kier molecular flexibility index (Phi) is 6.84. The van der Waals surface area contributed by atoms with Crippen molar-refractivity contribution in [2.45, 2.75) is 50.1 Å². The Morgan fingerprint density at radius 2 is 1.92 bits per heavy atom. The van der Waals surface area contributed by atoms with Gasteiger partial charge in [-0.25, -0.2) is 13.2 Å². The number of carbonyl (C=O) groups is 1. The zero-order chi connectivity index (χ0) is 27.0. The predicted octanol–water partition coefficient (Wildman–Crippen LogP) is 4.91. The van der Waals surface area contributed by atoms with Crippen LogP contribution < -0.4 is 14.4 Å². The number of nitrogens with one attached hydrogen (secondary N) is 1. The number of ether oxygens (including phenoxy) is 2. The Morgan fingerprint density at radius 1 is 1.16 bits per heavy atom. The molecule has 2 aromatic carbocycles. The summed E-state index contributed by atoms with van der Waals surface area (Å²) in [7, 11) is -4.46. The molecule has 1 unspecified atom stereocenters. The van der Waals surface area contributed by atoms with E-state index in [0.29, 0.717) is 6.07 Å². The largest absolute Gasteiger partial charge is 0.484 e. The number of alkyl halides is 3. The highest BCUT2D eigenvalue weighted by molar-refractivity contribution is 7.92. The lowest BCUT2D eigenvalue weighted by Crippen LogP contribution is -2.45. The summed E-state index contributed by atoms with van der Waals surface area (Å²) < 4.78 is 81.0. The van der Waals surface area contributed by atoms with Crippen LogP contribution in [-0.4, -0.2) is 42.5 Å². The van der Waals surface area contributed by atoms with Gasteiger partial charge in [-0.2, -0.15) is 18.3 Å². The van der Waals surface area contributed by atoms with Crippen LogP contribution in [0.4, 0.5) is 29.3 Å². The van der Waals surface area contributed by atoms with Crippen LogP contribution in [0.3, 0.4) is 0 Å². The quantitative estimate of drug-likeness (QED) is 0.496. The zero-order valence-electron chi connectivity index (χ0n) is 20.2. The maximum Gasteiger partial charge on any atom is 0.416 e. The Labute approximate surface area is 211 Å². The smallest absolute Gasteiger partial charge is 0.416 e. The highest BCUT2D eigenvalue weighted by Gasteiger charge is 2.37. The van der Waals surface area contributed by atoms with Crippen LogP contribution in [0.1, 0.15) is 26.3 Å². The molecule has 198 valence electrons. The minimum atomic E-state index is -4.72. The molecular weight excluding hydrogens is 513 g/mol. The first-order valence-electron chi connectivity index (χ1n) is 11.2. The normalized spacial score (nSPS) is 16.1. The molecule has 1 N–H and O–H groups in total. The molecule has 0 bridgehead atoms. The monoisotopic (exact) mass is 538 g/mol. The minimum absolute atomic E-state index is 0.0580. The maximum absolute atomic E-state index is 13.7. The summed E-state index contributed by atoms with van der Waals surface area (Å²) in [6, 6.07) is 9.59. The predicted molar refractivity (Wildman–Crippen MR) is 129 cm³/mol. The molecule has 0 aliphatic carbocycles. The molecule has 1 aliphatic heterocycles. The van der Waals surface area contributed by atoms with Crippen LogP contribution in [0.2, 0.25) is 0 Å². The fourth-order valence-corrected chi connectivity index (χ4v) is 5.26. The Morgan fingerprint density at radius 3 is 2.57 bits per heavy atom. The molecule has 13 heteroatoms. The van der Waals surface area contributed by atoms with Gasteiger partial charge in [0.05, 0.1) is 29.2 Å². The van der Waals surface area contributed by atoms with Crippen LogP contribution in [0.25, 0.3) is 0 Å². The molecule has 0 spiro atoms. The van der Waals surface area contributed by atoms with E-state index in [9.17, 15) is 26.4 Å². The number of hydrogen-bond donors (Lipinski definition) is 1. The number of benzene rings is 2. The SMILES string of the molecule is CC(C)(C)OC(=O)Nc1ccc2c(c1)N(S(=O)(=O)c1cccc(C(F)(F)F)c1)CC(Cn1cccn1)O2. The molecular formula is C24H25F3N4O5S. The van der Waals surface area contributed by atoms with Gasteiger partial charge in [0.15, 0.2) is 0 Å². The van der Waals surface area contributed by atoms with Crippen molar-refractivity contribution in [1.29, 1.82) is 0 Å². The number of amides is 1. The van der Waals surface area contributed by atoms with Crippen molar-refractivity contribution in [2.75, 3.05) is 16.2 Å². The highest BCUT2D eigenvalue weighted by atomic mass is 32.2. The van der Waals surface area contributed by atoms with E-state index in [-0.39, 0.29) is 30.2 Å². The summed E-state index contributed by atoms with van der Waals surface area (Å²) >= 11 is 0. The van der Waals surface area contributed by atoms with Crippen LogP contribution in [0.15, 0.2) is 65.8 Å². The summed E-state index contributed by atoms with van der Waals surface area (Å²) in [5.74, 6) is 0.175. The number of aromatic nitrogens is 2. The Bertz CT molecular complexity index is 1390. The third kappa shape index (κ3) is 6.16. The molecule has 1 aliphatic rings. The third-order valence-electron chi connectivity index (χ3n) is 5.24.